The lowest BCUT2D eigenvalue weighted by Crippen LogP contribution is -2.14. The summed E-state index contributed by atoms with van der Waals surface area (Å²) >= 11 is 0. The minimum atomic E-state index is -0.359. The number of rotatable bonds is 9. The van der Waals surface area contributed by atoms with Crippen molar-refractivity contribution >= 4 is 11.8 Å². The van der Waals surface area contributed by atoms with E-state index in [1.54, 1.807) is 31.2 Å². The molecule has 0 aromatic heterocycles. The molecule has 1 aromatic carbocycles. The van der Waals surface area contributed by atoms with Crippen LogP contribution in [0.5, 0.6) is 11.5 Å². The van der Waals surface area contributed by atoms with Crippen molar-refractivity contribution in [3.8, 4) is 11.5 Å². The van der Waals surface area contributed by atoms with E-state index >= 15 is 0 Å². The summed E-state index contributed by atoms with van der Waals surface area (Å²) in [5.74, 6) is 0.861. The van der Waals surface area contributed by atoms with E-state index in [2.05, 4.69) is 0 Å². The van der Waals surface area contributed by atoms with E-state index in [9.17, 15) is 9.59 Å². The molecule has 1 rings (SSSR count). The molecule has 0 fully saturated rings. The van der Waals surface area contributed by atoms with Gasteiger partial charge in [-0.2, -0.15) is 0 Å². The van der Waals surface area contributed by atoms with E-state index in [-0.39, 0.29) is 31.2 Å². The van der Waals surface area contributed by atoms with Crippen LogP contribution in [0.25, 0.3) is 0 Å². The van der Waals surface area contributed by atoms with Gasteiger partial charge in [0, 0.05) is 6.42 Å². The summed E-state index contributed by atoms with van der Waals surface area (Å²) in [7, 11) is 0. The van der Waals surface area contributed by atoms with Crippen LogP contribution in [0, 0.1) is 0 Å². The zero-order valence-corrected chi connectivity index (χ0v) is 11.9. The maximum atomic E-state index is 11.5. The molecule has 0 unspecified atom stereocenters. The second kappa shape index (κ2) is 8.96. The Hall–Kier alpha value is -2.04. The van der Waals surface area contributed by atoms with E-state index < -0.39 is 0 Å². The van der Waals surface area contributed by atoms with Crippen molar-refractivity contribution in [1.82, 2.24) is 0 Å². The molecular formula is C15H20O5. The molecule has 0 N–H and O–H groups in total. The topological polar surface area (TPSA) is 61.8 Å². The first-order chi connectivity index (χ1) is 9.65. The highest BCUT2D eigenvalue weighted by Crippen LogP contribution is 2.17. The molecule has 5 nitrogen and oxygen atoms in total. The van der Waals surface area contributed by atoms with Crippen molar-refractivity contribution in [1.29, 1.82) is 0 Å². The fourth-order valence-electron chi connectivity index (χ4n) is 1.51. The lowest BCUT2D eigenvalue weighted by atomic mass is 10.2. The van der Waals surface area contributed by atoms with E-state index in [0.29, 0.717) is 19.0 Å². The monoisotopic (exact) mass is 280 g/mol. The van der Waals surface area contributed by atoms with Crippen molar-refractivity contribution in [2.75, 3.05) is 19.8 Å². The van der Waals surface area contributed by atoms with Crippen LogP contribution in [0.1, 0.15) is 26.7 Å². The fourth-order valence-corrected chi connectivity index (χ4v) is 1.51. The summed E-state index contributed by atoms with van der Waals surface area (Å²) in [6, 6.07) is 7.04. The SMILES string of the molecule is CCOC(=O)CCC(=O)COc1ccc(OCC)cc1. The van der Waals surface area contributed by atoms with E-state index in [4.69, 9.17) is 14.2 Å². The van der Waals surface area contributed by atoms with Gasteiger partial charge in [-0.25, -0.2) is 0 Å². The Balaban J connectivity index is 2.28. The first kappa shape index (κ1) is 16.0. The highest BCUT2D eigenvalue weighted by Gasteiger charge is 2.08. The molecule has 0 spiro atoms. The number of benzene rings is 1. The highest BCUT2D eigenvalue weighted by atomic mass is 16.5. The van der Waals surface area contributed by atoms with Crippen LogP contribution >= 0.6 is 0 Å². The number of ketones is 1. The number of carbonyl (C=O) groups excluding carboxylic acids is 2. The lowest BCUT2D eigenvalue weighted by molar-refractivity contribution is -0.144. The molecule has 0 amide bonds. The molecule has 0 aliphatic carbocycles. The lowest BCUT2D eigenvalue weighted by Gasteiger charge is -2.07. The minimum absolute atomic E-state index is 0.0482. The number of carbonyl (C=O) groups is 2. The molecule has 0 aliphatic heterocycles. The van der Waals surface area contributed by atoms with Gasteiger partial charge in [0.25, 0.3) is 0 Å². The van der Waals surface area contributed by atoms with Gasteiger partial charge in [-0.3, -0.25) is 9.59 Å². The number of Topliss-reactive ketones (excluding diaryl/α,β-unsaturated/α-hetero) is 1. The summed E-state index contributed by atoms with van der Waals surface area (Å²) in [5, 5.41) is 0. The van der Waals surface area contributed by atoms with Crippen LogP contribution in [0.15, 0.2) is 24.3 Å². The Morgan fingerprint density at radius 3 is 2.05 bits per heavy atom. The summed E-state index contributed by atoms with van der Waals surface area (Å²) in [5.41, 5.74) is 0. The van der Waals surface area contributed by atoms with Crippen LogP contribution in [-0.2, 0) is 14.3 Å². The van der Waals surface area contributed by atoms with Crippen LogP contribution in [0.3, 0.4) is 0 Å². The van der Waals surface area contributed by atoms with Crippen molar-refractivity contribution in [2.45, 2.75) is 26.7 Å². The van der Waals surface area contributed by atoms with Gasteiger partial charge < -0.3 is 14.2 Å². The zero-order chi connectivity index (χ0) is 14.8. The van der Waals surface area contributed by atoms with Gasteiger partial charge in [0.2, 0.25) is 0 Å². The van der Waals surface area contributed by atoms with Crippen molar-refractivity contribution < 1.29 is 23.8 Å². The third-order valence-corrected chi connectivity index (χ3v) is 2.45. The smallest absolute Gasteiger partial charge is 0.306 e. The first-order valence-electron chi connectivity index (χ1n) is 6.68. The Morgan fingerprint density at radius 2 is 1.50 bits per heavy atom. The van der Waals surface area contributed by atoms with Gasteiger partial charge in [-0.1, -0.05) is 0 Å². The Morgan fingerprint density at radius 1 is 0.900 bits per heavy atom. The third-order valence-electron chi connectivity index (χ3n) is 2.45. The molecule has 0 radical (unpaired) electrons. The van der Waals surface area contributed by atoms with E-state index in [1.807, 2.05) is 6.92 Å². The predicted molar refractivity (Wildman–Crippen MR) is 74.0 cm³/mol. The molecule has 0 saturated carbocycles. The van der Waals surface area contributed by atoms with Crippen molar-refractivity contribution in [3.05, 3.63) is 24.3 Å². The molecule has 110 valence electrons. The fraction of sp³-hybridized carbons (Fsp3) is 0.467. The quantitative estimate of drug-likeness (QED) is 0.650. The Labute approximate surface area is 118 Å². The molecule has 0 bridgehead atoms. The number of hydrogen-bond donors (Lipinski definition) is 0. The molecule has 0 atom stereocenters. The number of esters is 1. The van der Waals surface area contributed by atoms with Crippen LogP contribution in [0.2, 0.25) is 0 Å². The molecule has 20 heavy (non-hydrogen) atoms. The molecule has 0 saturated heterocycles. The highest BCUT2D eigenvalue weighted by molar-refractivity contribution is 5.84. The van der Waals surface area contributed by atoms with Crippen LogP contribution < -0.4 is 9.47 Å². The van der Waals surface area contributed by atoms with Crippen molar-refractivity contribution in [3.63, 3.8) is 0 Å². The predicted octanol–water partition coefficient (Wildman–Crippen LogP) is 2.38. The summed E-state index contributed by atoms with van der Waals surface area (Å²) in [6.45, 7) is 4.52. The van der Waals surface area contributed by atoms with Gasteiger partial charge in [0.15, 0.2) is 5.78 Å². The Kier molecular flexibility index (Phi) is 7.17. The maximum Gasteiger partial charge on any atom is 0.306 e. The molecule has 5 heteroatoms. The molecular weight excluding hydrogens is 260 g/mol. The van der Waals surface area contributed by atoms with Crippen LogP contribution in [0.4, 0.5) is 0 Å². The summed E-state index contributed by atoms with van der Waals surface area (Å²) in [4.78, 5) is 22.6. The maximum absolute atomic E-state index is 11.5. The standard InChI is InChI=1S/C15H20O5/c1-3-18-13-6-8-14(9-7-13)20-11-12(16)5-10-15(17)19-4-2/h6-9H,3-5,10-11H2,1-2H3. The zero-order valence-electron chi connectivity index (χ0n) is 11.9. The second-order valence-corrected chi connectivity index (χ2v) is 4.04. The van der Waals surface area contributed by atoms with Crippen molar-refractivity contribution in [2.24, 2.45) is 0 Å². The average Bonchev–Trinajstić information content (AvgIpc) is 2.45. The van der Waals surface area contributed by atoms with Gasteiger partial charge in [0.1, 0.15) is 18.1 Å². The van der Waals surface area contributed by atoms with Gasteiger partial charge in [0.05, 0.1) is 19.6 Å². The minimum Gasteiger partial charge on any atom is -0.494 e. The number of hydrogen-bond acceptors (Lipinski definition) is 5. The molecule has 0 heterocycles. The average molecular weight is 280 g/mol. The summed E-state index contributed by atoms with van der Waals surface area (Å²) in [6.07, 6.45) is 0.231. The van der Waals surface area contributed by atoms with Gasteiger partial charge in [-0.15, -0.1) is 0 Å². The second-order valence-electron chi connectivity index (χ2n) is 4.04. The van der Waals surface area contributed by atoms with E-state index in [1.165, 1.54) is 0 Å². The van der Waals surface area contributed by atoms with E-state index in [0.717, 1.165) is 5.75 Å². The first-order valence-corrected chi connectivity index (χ1v) is 6.68. The van der Waals surface area contributed by atoms with Gasteiger partial charge in [-0.05, 0) is 38.1 Å². The van der Waals surface area contributed by atoms with Gasteiger partial charge >= 0.3 is 5.97 Å². The molecule has 0 aliphatic rings. The number of ether oxygens (including phenoxy) is 3. The molecule has 1 aromatic rings. The summed E-state index contributed by atoms with van der Waals surface area (Å²) < 4.78 is 15.4. The largest absolute Gasteiger partial charge is 0.494 e. The third kappa shape index (κ3) is 6.22. The Bertz CT molecular complexity index is 424. The normalized spacial score (nSPS) is 9.90. The van der Waals surface area contributed by atoms with Crippen LogP contribution in [-0.4, -0.2) is 31.6 Å².